The fraction of sp³-hybridized carbons (Fsp3) is 1.00. The van der Waals surface area contributed by atoms with Crippen LogP contribution in [0.2, 0.25) is 0 Å². The first-order valence-corrected chi connectivity index (χ1v) is 7.27. The first-order chi connectivity index (χ1) is 6.91. The average molecular weight is 229 g/mol. The molecule has 0 aliphatic heterocycles. The van der Waals surface area contributed by atoms with E-state index in [-0.39, 0.29) is 0 Å². The minimum Gasteiger partial charge on any atom is -0.327 e. The van der Waals surface area contributed by atoms with Crippen LogP contribution in [0.3, 0.4) is 0 Å². The number of rotatable bonds is 3. The predicted molar refractivity (Wildman–Crippen MR) is 71.2 cm³/mol. The molecule has 0 radical (unpaired) electrons. The Balaban J connectivity index is 2.52. The summed E-state index contributed by atoms with van der Waals surface area (Å²) >= 11 is 2.12. The second-order valence-electron chi connectivity index (χ2n) is 5.77. The van der Waals surface area contributed by atoms with Crippen molar-refractivity contribution in [1.29, 1.82) is 0 Å². The lowest BCUT2D eigenvalue weighted by Gasteiger charge is -2.39. The Hall–Kier alpha value is 0.310. The Morgan fingerprint density at radius 1 is 1.13 bits per heavy atom. The molecule has 5 unspecified atom stereocenters. The highest BCUT2D eigenvalue weighted by molar-refractivity contribution is 8.00. The molecule has 1 saturated carbocycles. The molecule has 0 bridgehead atoms. The second kappa shape index (κ2) is 5.58. The van der Waals surface area contributed by atoms with Gasteiger partial charge in [-0.3, -0.25) is 0 Å². The fourth-order valence-electron chi connectivity index (χ4n) is 2.53. The molecule has 1 aliphatic carbocycles. The zero-order valence-corrected chi connectivity index (χ0v) is 11.7. The van der Waals surface area contributed by atoms with Gasteiger partial charge in [-0.15, -0.1) is 0 Å². The van der Waals surface area contributed by atoms with Crippen molar-refractivity contribution < 1.29 is 0 Å². The molecule has 0 amide bonds. The summed E-state index contributed by atoms with van der Waals surface area (Å²) in [5, 5.41) is 1.41. The molecule has 0 heterocycles. The van der Waals surface area contributed by atoms with Crippen molar-refractivity contribution in [3.63, 3.8) is 0 Å². The minimum absolute atomic E-state index is 0.412. The summed E-state index contributed by atoms with van der Waals surface area (Å²) in [6.45, 7) is 11.7. The third kappa shape index (κ3) is 3.67. The summed E-state index contributed by atoms with van der Waals surface area (Å²) in [6, 6.07) is 0.412. The summed E-state index contributed by atoms with van der Waals surface area (Å²) < 4.78 is 0. The van der Waals surface area contributed by atoms with Crippen molar-refractivity contribution in [2.24, 2.45) is 23.5 Å². The van der Waals surface area contributed by atoms with Crippen molar-refractivity contribution in [3.05, 3.63) is 0 Å². The monoisotopic (exact) mass is 229 g/mol. The highest BCUT2D eigenvalue weighted by atomic mass is 32.2. The normalized spacial score (nSPS) is 39.4. The molecule has 1 fully saturated rings. The van der Waals surface area contributed by atoms with Crippen LogP contribution >= 0.6 is 11.8 Å². The first-order valence-electron chi connectivity index (χ1n) is 6.32. The smallest absolute Gasteiger partial charge is 0.0227 e. The van der Waals surface area contributed by atoms with Gasteiger partial charge in [-0.1, -0.05) is 34.6 Å². The minimum atomic E-state index is 0.412. The Kier molecular flexibility index (Phi) is 4.98. The average Bonchev–Trinajstić information content (AvgIpc) is 2.10. The summed E-state index contributed by atoms with van der Waals surface area (Å²) in [7, 11) is 0. The van der Waals surface area contributed by atoms with Crippen molar-refractivity contribution in [1.82, 2.24) is 0 Å². The predicted octanol–water partition coefficient (Wildman–Crippen LogP) is 3.53. The van der Waals surface area contributed by atoms with Crippen molar-refractivity contribution in [2.75, 3.05) is 0 Å². The molecule has 2 N–H and O–H groups in total. The van der Waals surface area contributed by atoms with Gasteiger partial charge in [0.05, 0.1) is 0 Å². The molecule has 0 aromatic rings. The van der Waals surface area contributed by atoms with Gasteiger partial charge in [0.15, 0.2) is 0 Å². The molecule has 90 valence electrons. The molecule has 0 aromatic carbocycles. The fourth-order valence-corrected chi connectivity index (χ4v) is 4.03. The van der Waals surface area contributed by atoms with Crippen LogP contribution in [0.1, 0.15) is 47.5 Å². The Labute approximate surface area is 99.6 Å². The number of nitrogens with two attached hydrogens (primary N) is 1. The SMILES string of the molecule is CC1CC(C)C(SC(C)C(C)C)C(N)C1. The van der Waals surface area contributed by atoms with Crippen LogP contribution in [-0.2, 0) is 0 Å². The molecule has 0 spiro atoms. The van der Waals surface area contributed by atoms with Crippen molar-refractivity contribution in [2.45, 2.75) is 64.0 Å². The topological polar surface area (TPSA) is 26.0 Å². The number of hydrogen-bond acceptors (Lipinski definition) is 2. The third-order valence-corrected chi connectivity index (χ3v) is 5.84. The number of thioether (sulfide) groups is 1. The van der Waals surface area contributed by atoms with Gasteiger partial charge in [0.25, 0.3) is 0 Å². The Morgan fingerprint density at radius 2 is 1.73 bits per heavy atom. The largest absolute Gasteiger partial charge is 0.327 e. The van der Waals surface area contributed by atoms with Crippen LogP contribution in [-0.4, -0.2) is 16.5 Å². The molecule has 1 aliphatic rings. The molecule has 15 heavy (non-hydrogen) atoms. The van der Waals surface area contributed by atoms with E-state index in [2.05, 4.69) is 46.4 Å². The van der Waals surface area contributed by atoms with Gasteiger partial charge < -0.3 is 5.73 Å². The van der Waals surface area contributed by atoms with Crippen LogP contribution in [0.5, 0.6) is 0 Å². The molecule has 0 aromatic heterocycles. The van der Waals surface area contributed by atoms with Crippen LogP contribution < -0.4 is 5.73 Å². The van der Waals surface area contributed by atoms with Gasteiger partial charge in [0.1, 0.15) is 0 Å². The highest BCUT2D eigenvalue weighted by Gasteiger charge is 2.33. The lowest BCUT2D eigenvalue weighted by molar-refractivity contribution is 0.278. The quantitative estimate of drug-likeness (QED) is 0.801. The van der Waals surface area contributed by atoms with E-state index >= 15 is 0 Å². The zero-order chi connectivity index (χ0) is 11.6. The Morgan fingerprint density at radius 3 is 2.20 bits per heavy atom. The van der Waals surface area contributed by atoms with E-state index in [0.29, 0.717) is 11.3 Å². The van der Waals surface area contributed by atoms with E-state index in [1.807, 2.05) is 0 Å². The van der Waals surface area contributed by atoms with Gasteiger partial charge in [-0.05, 0) is 30.6 Å². The van der Waals surface area contributed by atoms with Crippen molar-refractivity contribution in [3.8, 4) is 0 Å². The van der Waals surface area contributed by atoms with Crippen molar-refractivity contribution >= 4 is 11.8 Å². The van der Waals surface area contributed by atoms with E-state index in [4.69, 9.17) is 5.73 Å². The van der Waals surface area contributed by atoms with Gasteiger partial charge in [-0.2, -0.15) is 11.8 Å². The maximum atomic E-state index is 6.29. The van der Waals surface area contributed by atoms with E-state index in [1.54, 1.807) is 0 Å². The second-order valence-corrected chi connectivity index (χ2v) is 7.33. The highest BCUT2D eigenvalue weighted by Crippen LogP contribution is 2.38. The molecule has 0 saturated heterocycles. The maximum Gasteiger partial charge on any atom is 0.0227 e. The summed E-state index contributed by atoms with van der Waals surface area (Å²) in [5.41, 5.74) is 6.29. The van der Waals surface area contributed by atoms with E-state index in [9.17, 15) is 0 Å². The summed E-state index contributed by atoms with van der Waals surface area (Å²) in [4.78, 5) is 0. The molecular formula is C13H27NS. The first kappa shape index (κ1) is 13.4. The van der Waals surface area contributed by atoms with Gasteiger partial charge in [0.2, 0.25) is 0 Å². The molecule has 1 rings (SSSR count). The molecule has 2 heteroatoms. The number of hydrogen-bond donors (Lipinski definition) is 1. The van der Waals surface area contributed by atoms with Gasteiger partial charge in [-0.25, -0.2) is 0 Å². The zero-order valence-electron chi connectivity index (χ0n) is 10.9. The molecular weight excluding hydrogens is 202 g/mol. The molecule has 5 atom stereocenters. The summed E-state index contributed by atoms with van der Waals surface area (Å²) in [6.07, 6.45) is 2.57. The van der Waals surface area contributed by atoms with Gasteiger partial charge in [0, 0.05) is 16.5 Å². The van der Waals surface area contributed by atoms with E-state index < -0.39 is 0 Å². The van der Waals surface area contributed by atoms with Crippen LogP contribution in [0.4, 0.5) is 0 Å². The lowest BCUT2D eigenvalue weighted by Crippen LogP contribution is -2.44. The van der Waals surface area contributed by atoms with Crippen LogP contribution in [0, 0.1) is 17.8 Å². The van der Waals surface area contributed by atoms with Gasteiger partial charge >= 0.3 is 0 Å². The molecule has 1 nitrogen and oxygen atoms in total. The van der Waals surface area contributed by atoms with E-state index in [0.717, 1.165) is 23.0 Å². The Bertz CT molecular complexity index is 181. The van der Waals surface area contributed by atoms with Crippen LogP contribution in [0.15, 0.2) is 0 Å². The van der Waals surface area contributed by atoms with Crippen LogP contribution in [0.25, 0.3) is 0 Å². The third-order valence-electron chi connectivity index (χ3n) is 3.74. The van der Waals surface area contributed by atoms with E-state index in [1.165, 1.54) is 12.8 Å². The standard InChI is InChI=1S/C13H27NS/c1-8(2)11(5)15-13-10(4)6-9(3)7-12(13)14/h8-13H,6-7,14H2,1-5H3. The summed E-state index contributed by atoms with van der Waals surface area (Å²) in [5.74, 6) is 2.37. The lowest BCUT2D eigenvalue weighted by atomic mass is 9.80. The maximum absolute atomic E-state index is 6.29.